The van der Waals surface area contributed by atoms with Crippen molar-refractivity contribution < 1.29 is 0 Å². The predicted octanol–water partition coefficient (Wildman–Crippen LogP) is 3.25. The molecule has 0 aliphatic carbocycles. The van der Waals surface area contributed by atoms with E-state index < -0.39 is 0 Å². The Morgan fingerprint density at radius 3 is 2.94 bits per heavy atom. The molecule has 2 N–H and O–H groups in total. The van der Waals surface area contributed by atoms with Gasteiger partial charge in [-0.05, 0) is 30.7 Å². The van der Waals surface area contributed by atoms with Crippen LogP contribution in [0.15, 0.2) is 36.7 Å². The number of rotatable bonds is 1. The third-order valence-corrected chi connectivity index (χ3v) is 3.61. The number of pyridine rings is 1. The highest BCUT2D eigenvalue weighted by Crippen LogP contribution is 2.29. The van der Waals surface area contributed by atoms with E-state index in [4.69, 9.17) is 5.73 Å². The summed E-state index contributed by atoms with van der Waals surface area (Å²) in [7, 11) is 0. The van der Waals surface area contributed by atoms with Crippen molar-refractivity contribution in [2.24, 2.45) is 0 Å². The van der Waals surface area contributed by atoms with Crippen LogP contribution in [0.25, 0.3) is 21.3 Å². The first-order valence-electron chi connectivity index (χ1n) is 5.31. The van der Waals surface area contributed by atoms with Crippen molar-refractivity contribution >= 4 is 27.2 Å². The summed E-state index contributed by atoms with van der Waals surface area (Å²) in [5.41, 5.74) is 9.73. The SMILES string of the molecule is Cc1nc2cc(-c3cnccc3N)ccc2s1. The average molecular weight is 241 g/mol. The Labute approximate surface area is 103 Å². The molecule has 0 aliphatic rings. The lowest BCUT2D eigenvalue weighted by Crippen LogP contribution is -1.90. The number of aryl methyl sites for hydroxylation is 1. The van der Waals surface area contributed by atoms with Gasteiger partial charge in [0.1, 0.15) is 0 Å². The lowest BCUT2D eigenvalue weighted by molar-refractivity contribution is 1.33. The van der Waals surface area contributed by atoms with Crippen molar-refractivity contribution in [2.45, 2.75) is 6.92 Å². The monoisotopic (exact) mass is 241 g/mol. The molecule has 0 radical (unpaired) electrons. The molecule has 0 saturated carbocycles. The number of anilines is 1. The minimum absolute atomic E-state index is 0.742. The van der Waals surface area contributed by atoms with Gasteiger partial charge >= 0.3 is 0 Å². The van der Waals surface area contributed by atoms with E-state index in [0.717, 1.165) is 27.3 Å². The van der Waals surface area contributed by atoms with Crippen molar-refractivity contribution in [3.05, 3.63) is 41.7 Å². The molecule has 3 nitrogen and oxygen atoms in total. The van der Waals surface area contributed by atoms with E-state index in [2.05, 4.69) is 28.2 Å². The Bertz CT molecular complexity index is 688. The van der Waals surface area contributed by atoms with Gasteiger partial charge in [-0.25, -0.2) is 4.98 Å². The summed E-state index contributed by atoms with van der Waals surface area (Å²) >= 11 is 1.70. The summed E-state index contributed by atoms with van der Waals surface area (Å²) in [5.74, 6) is 0. The molecule has 0 amide bonds. The summed E-state index contributed by atoms with van der Waals surface area (Å²) < 4.78 is 1.20. The Morgan fingerprint density at radius 1 is 1.24 bits per heavy atom. The summed E-state index contributed by atoms with van der Waals surface area (Å²) in [6.45, 7) is 2.02. The molecule has 4 heteroatoms. The van der Waals surface area contributed by atoms with Crippen LogP contribution in [0.4, 0.5) is 5.69 Å². The van der Waals surface area contributed by atoms with Crippen LogP contribution in [-0.2, 0) is 0 Å². The first kappa shape index (κ1) is 10.2. The van der Waals surface area contributed by atoms with Crippen molar-refractivity contribution in [3.63, 3.8) is 0 Å². The first-order valence-corrected chi connectivity index (χ1v) is 6.13. The van der Waals surface area contributed by atoms with E-state index in [-0.39, 0.29) is 0 Å². The molecule has 17 heavy (non-hydrogen) atoms. The summed E-state index contributed by atoms with van der Waals surface area (Å²) in [5, 5.41) is 1.08. The maximum absolute atomic E-state index is 5.94. The number of nitrogen functional groups attached to an aromatic ring is 1. The topological polar surface area (TPSA) is 51.8 Å². The normalized spacial score (nSPS) is 10.9. The highest BCUT2D eigenvalue weighted by Gasteiger charge is 2.05. The van der Waals surface area contributed by atoms with Crippen LogP contribution in [0.1, 0.15) is 5.01 Å². The Hall–Kier alpha value is -1.94. The quantitative estimate of drug-likeness (QED) is 0.711. The predicted molar refractivity (Wildman–Crippen MR) is 72.0 cm³/mol. The lowest BCUT2D eigenvalue weighted by Gasteiger charge is -2.04. The van der Waals surface area contributed by atoms with Crippen molar-refractivity contribution in [1.82, 2.24) is 9.97 Å². The third-order valence-electron chi connectivity index (χ3n) is 2.66. The van der Waals surface area contributed by atoms with Gasteiger partial charge < -0.3 is 5.73 Å². The molecule has 0 saturated heterocycles. The van der Waals surface area contributed by atoms with Crippen LogP contribution in [0.5, 0.6) is 0 Å². The molecule has 0 unspecified atom stereocenters. The van der Waals surface area contributed by atoms with Crippen LogP contribution in [0.2, 0.25) is 0 Å². The second-order valence-corrected chi connectivity index (χ2v) is 5.11. The molecule has 1 aromatic carbocycles. The van der Waals surface area contributed by atoms with E-state index in [1.807, 2.05) is 13.0 Å². The molecule has 0 spiro atoms. The maximum Gasteiger partial charge on any atom is 0.0907 e. The third kappa shape index (κ3) is 1.76. The molecule has 0 bridgehead atoms. The Kier molecular flexibility index (Phi) is 2.30. The minimum atomic E-state index is 0.742. The largest absolute Gasteiger partial charge is 0.398 e. The van der Waals surface area contributed by atoms with Gasteiger partial charge in [-0.3, -0.25) is 4.98 Å². The molecule has 0 fully saturated rings. The van der Waals surface area contributed by atoms with E-state index in [1.54, 1.807) is 23.7 Å². The number of benzene rings is 1. The van der Waals surface area contributed by atoms with Gasteiger partial charge in [0.2, 0.25) is 0 Å². The zero-order chi connectivity index (χ0) is 11.8. The number of hydrogen-bond acceptors (Lipinski definition) is 4. The maximum atomic E-state index is 5.94. The number of nitrogens with zero attached hydrogens (tertiary/aromatic N) is 2. The molecule has 2 heterocycles. The van der Waals surface area contributed by atoms with Crippen molar-refractivity contribution in [3.8, 4) is 11.1 Å². The smallest absolute Gasteiger partial charge is 0.0907 e. The van der Waals surface area contributed by atoms with Crippen LogP contribution < -0.4 is 5.73 Å². The average Bonchev–Trinajstić information content (AvgIpc) is 2.68. The Balaban J connectivity index is 2.21. The second-order valence-electron chi connectivity index (χ2n) is 3.88. The number of fused-ring (bicyclic) bond motifs is 1. The van der Waals surface area contributed by atoms with Gasteiger partial charge in [-0.15, -0.1) is 11.3 Å². The minimum Gasteiger partial charge on any atom is -0.398 e. The Morgan fingerprint density at radius 2 is 2.12 bits per heavy atom. The number of thiazole rings is 1. The van der Waals surface area contributed by atoms with E-state index >= 15 is 0 Å². The molecule has 3 rings (SSSR count). The molecule has 3 aromatic rings. The molecule has 84 valence electrons. The fourth-order valence-electron chi connectivity index (χ4n) is 1.86. The van der Waals surface area contributed by atoms with E-state index in [1.165, 1.54) is 4.70 Å². The molecule has 2 aromatic heterocycles. The van der Waals surface area contributed by atoms with Crippen LogP contribution in [0, 0.1) is 6.92 Å². The van der Waals surface area contributed by atoms with Gasteiger partial charge in [-0.1, -0.05) is 6.07 Å². The number of hydrogen-bond donors (Lipinski definition) is 1. The van der Waals surface area contributed by atoms with Crippen molar-refractivity contribution in [1.29, 1.82) is 0 Å². The number of nitrogens with two attached hydrogens (primary N) is 1. The lowest BCUT2D eigenvalue weighted by atomic mass is 10.1. The summed E-state index contributed by atoms with van der Waals surface area (Å²) in [4.78, 5) is 8.60. The second kappa shape index (κ2) is 3.82. The van der Waals surface area contributed by atoms with Gasteiger partial charge in [-0.2, -0.15) is 0 Å². The fraction of sp³-hybridized carbons (Fsp3) is 0.0769. The highest BCUT2D eigenvalue weighted by molar-refractivity contribution is 7.18. The zero-order valence-corrected chi connectivity index (χ0v) is 10.2. The van der Waals surface area contributed by atoms with E-state index in [0.29, 0.717) is 0 Å². The van der Waals surface area contributed by atoms with Gasteiger partial charge in [0.15, 0.2) is 0 Å². The van der Waals surface area contributed by atoms with Crippen molar-refractivity contribution in [2.75, 3.05) is 5.73 Å². The highest BCUT2D eigenvalue weighted by atomic mass is 32.1. The zero-order valence-electron chi connectivity index (χ0n) is 9.34. The fourth-order valence-corrected chi connectivity index (χ4v) is 2.66. The molecule has 0 aliphatic heterocycles. The van der Waals surface area contributed by atoms with E-state index in [9.17, 15) is 0 Å². The van der Waals surface area contributed by atoms with Crippen LogP contribution in [-0.4, -0.2) is 9.97 Å². The summed E-state index contributed by atoms with van der Waals surface area (Å²) in [6, 6.07) is 8.02. The van der Waals surface area contributed by atoms with Crippen LogP contribution in [0.3, 0.4) is 0 Å². The molecule has 0 atom stereocenters. The number of aromatic nitrogens is 2. The summed E-state index contributed by atoms with van der Waals surface area (Å²) in [6.07, 6.45) is 3.49. The van der Waals surface area contributed by atoms with Crippen LogP contribution >= 0.6 is 11.3 Å². The van der Waals surface area contributed by atoms with Gasteiger partial charge in [0.05, 0.1) is 15.2 Å². The van der Waals surface area contributed by atoms with Gasteiger partial charge in [0, 0.05) is 23.6 Å². The first-order chi connectivity index (χ1) is 8.24. The van der Waals surface area contributed by atoms with Gasteiger partial charge in [0.25, 0.3) is 0 Å². The molecular weight excluding hydrogens is 230 g/mol. The standard InChI is InChI=1S/C13H11N3S/c1-8-16-12-6-9(2-3-13(12)17-8)10-7-15-5-4-11(10)14/h2-7H,1H3,(H2,14,15). The molecular formula is C13H11N3S.